The molecular weight excluding hydrogens is 419 g/mol. The van der Waals surface area contributed by atoms with Gasteiger partial charge >= 0.3 is 7.82 Å². The molecule has 0 amide bonds. The molecule has 32 heavy (non-hydrogen) atoms. The van der Waals surface area contributed by atoms with E-state index in [1.165, 1.54) is 77.0 Å². The van der Waals surface area contributed by atoms with Crippen molar-refractivity contribution >= 4 is 7.82 Å². The Morgan fingerprint density at radius 1 is 0.594 bits per heavy atom. The van der Waals surface area contributed by atoms with Crippen LogP contribution in [0.1, 0.15) is 122 Å². The van der Waals surface area contributed by atoms with Gasteiger partial charge in [-0.3, -0.25) is 9.05 Å². The largest absolute Gasteiger partial charge is 0.530 e. The summed E-state index contributed by atoms with van der Waals surface area (Å²) in [6.07, 6.45) is 19.4. The average molecular weight is 469 g/mol. The van der Waals surface area contributed by atoms with Crippen LogP contribution >= 0.6 is 7.82 Å². The maximum Gasteiger partial charge on any atom is 0.530 e. The molecule has 0 aliphatic carbocycles. The zero-order valence-electron chi connectivity index (χ0n) is 21.1. The van der Waals surface area contributed by atoms with E-state index in [0.717, 1.165) is 31.2 Å². The molecule has 4 nitrogen and oxygen atoms in total. The van der Waals surface area contributed by atoms with Gasteiger partial charge in [0.25, 0.3) is 0 Å². The first-order valence-electron chi connectivity index (χ1n) is 13.2. The lowest BCUT2D eigenvalue weighted by Crippen LogP contribution is -2.05. The van der Waals surface area contributed by atoms with E-state index in [-0.39, 0.29) is 0 Å². The van der Waals surface area contributed by atoms with Crippen molar-refractivity contribution in [1.29, 1.82) is 0 Å². The van der Waals surface area contributed by atoms with Crippen LogP contribution in [0.4, 0.5) is 0 Å². The van der Waals surface area contributed by atoms with Gasteiger partial charge < -0.3 is 4.52 Å². The predicted octanol–water partition coefficient (Wildman–Crippen LogP) is 9.80. The molecule has 0 saturated carbocycles. The number of hydrogen-bond donors (Lipinski definition) is 0. The van der Waals surface area contributed by atoms with Crippen molar-refractivity contribution in [1.82, 2.24) is 0 Å². The molecule has 1 aromatic carbocycles. The second-order valence-corrected chi connectivity index (χ2v) is 10.6. The minimum atomic E-state index is -3.60. The van der Waals surface area contributed by atoms with Crippen LogP contribution in [-0.2, 0) is 13.6 Å². The molecule has 0 N–H and O–H groups in total. The third-order valence-electron chi connectivity index (χ3n) is 5.73. The van der Waals surface area contributed by atoms with Crippen molar-refractivity contribution in [3.8, 4) is 5.75 Å². The number of phosphoric acid groups is 1. The average Bonchev–Trinajstić information content (AvgIpc) is 2.78. The first-order chi connectivity index (χ1) is 15.6. The van der Waals surface area contributed by atoms with Gasteiger partial charge in [-0.25, -0.2) is 4.57 Å². The van der Waals surface area contributed by atoms with Crippen LogP contribution in [0.5, 0.6) is 5.75 Å². The molecule has 0 spiro atoms. The number of aryl methyl sites for hydroxylation is 1. The summed E-state index contributed by atoms with van der Waals surface area (Å²) < 4.78 is 30.3. The Hall–Kier alpha value is -0.830. The van der Waals surface area contributed by atoms with E-state index in [4.69, 9.17) is 13.6 Å². The van der Waals surface area contributed by atoms with Crippen molar-refractivity contribution < 1.29 is 18.1 Å². The molecule has 0 saturated heterocycles. The van der Waals surface area contributed by atoms with Crippen molar-refractivity contribution in [2.45, 2.75) is 124 Å². The summed E-state index contributed by atoms with van der Waals surface area (Å²) >= 11 is 0. The van der Waals surface area contributed by atoms with E-state index in [2.05, 4.69) is 13.8 Å². The molecule has 1 aromatic rings. The Morgan fingerprint density at radius 2 is 0.969 bits per heavy atom. The van der Waals surface area contributed by atoms with Crippen LogP contribution in [0.2, 0.25) is 0 Å². The van der Waals surface area contributed by atoms with Crippen LogP contribution in [0.15, 0.2) is 24.3 Å². The summed E-state index contributed by atoms with van der Waals surface area (Å²) in [4.78, 5) is 0. The molecule has 0 heterocycles. The van der Waals surface area contributed by atoms with Crippen LogP contribution in [0.25, 0.3) is 0 Å². The van der Waals surface area contributed by atoms with E-state index in [0.29, 0.717) is 19.0 Å². The Balaban J connectivity index is 2.32. The van der Waals surface area contributed by atoms with Crippen LogP contribution < -0.4 is 4.52 Å². The van der Waals surface area contributed by atoms with E-state index in [1.807, 2.05) is 31.2 Å². The van der Waals surface area contributed by atoms with E-state index in [1.54, 1.807) is 0 Å². The van der Waals surface area contributed by atoms with Gasteiger partial charge in [0.1, 0.15) is 5.75 Å². The molecule has 0 aromatic heterocycles. The summed E-state index contributed by atoms with van der Waals surface area (Å²) in [7, 11) is -3.60. The molecule has 0 unspecified atom stereocenters. The molecule has 1 rings (SSSR count). The fraction of sp³-hybridized carbons (Fsp3) is 0.778. The second-order valence-electron chi connectivity index (χ2n) is 8.97. The fourth-order valence-corrected chi connectivity index (χ4v) is 4.91. The lowest BCUT2D eigenvalue weighted by molar-refractivity contribution is 0.150. The van der Waals surface area contributed by atoms with Gasteiger partial charge in [-0.1, -0.05) is 121 Å². The van der Waals surface area contributed by atoms with Gasteiger partial charge in [-0.15, -0.1) is 0 Å². The minimum Gasteiger partial charge on any atom is -0.404 e. The number of rotatable bonds is 22. The predicted molar refractivity (Wildman–Crippen MR) is 137 cm³/mol. The maximum atomic E-state index is 13.2. The first-order valence-corrected chi connectivity index (χ1v) is 14.7. The Kier molecular flexibility index (Phi) is 17.9. The highest BCUT2D eigenvalue weighted by atomic mass is 31.2. The second kappa shape index (κ2) is 19.6. The topological polar surface area (TPSA) is 44.8 Å². The third-order valence-corrected chi connectivity index (χ3v) is 7.16. The summed E-state index contributed by atoms with van der Waals surface area (Å²) in [6, 6.07) is 7.52. The highest BCUT2D eigenvalue weighted by Crippen LogP contribution is 2.49. The summed E-state index contributed by atoms with van der Waals surface area (Å²) in [6.45, 7) is 7.32. The minimum absolute atomic E-state index is 0.412. The monoisotopic (exact) mass is 468 g/mol. The zero-order valence-corrected chi connectivity index (χ0v) is 22.0. The quantitative estimate of drug-likeness (QED) is 0.125. The molecule has 186 valence electrons. The Morgan fingerprint density at radius 3 is 1.38 bits per heavy atom. The lowest BCUT2D eigenvalue weighted by Gasteiger charge is -2.19. The van der Waals surface area contributed by atoms with Gasteiger partial charge in [-0.05, 0) is 31.9 Å². The number of phosphoric ester groups is 1. The summed E-state index contributed by atoms with van der Waals surface area (Å²) in [5.41, 5.74) is 1.13. The molecule has 0 atom stereocenters. The zero-order chi connectivity index (χ0) is 23.3. The van der Waals surface area contributed by atoms with Crippen molar-refractivity contribution in [3.05, 3.63) is 29.8 Å². The van der Waals surface area contributed by atoms with Crippen LogP contribution in [0, 0.1) is 6.92 Å². The Labute approximate surface area is 198 Å². The van der Waals surface area contributed by atoms with Gasteiger partial charge in [0.05, 0.1) is 13.2 Å². The smallest absolute Gasteiger partial charge is 0.404 e. The van der Waals surface area contributed by atoms with Crippen molar-refractivity contribution in [2.75, 3.05) is 13.2 Å². The fourth-order valence-electron chi connectivity index (χ4n) is 3.64. The van der Waals surface area contributed by atoms with E-state index >= 15 is 0 Å². The van der Waals surface area contributed by atoms with Gasteiger partial charge in [0, 0.05) is 0 Å². The standard InChI is InChI=1S/C27H49O4P/c1-4-6-8-10-12-14-16-18-24-29-32(28,31-27-22-20-26(3)21-23-27)30-25-19-17-15-13-11-9-7-5-2/h20-23H,4-19,24-25H2,1-3H3. The summed E-state index contributed by atoms with van der Waals surface area (Å²) in [5.74, 6) is 0.533. The molecule has 0 radical (unpaired) electrons. The molecule has 0 fully saturated rings. The van der Waals surface area contributed by atoms with Gasteiger partial charge in [0.2, 0.25) is 0 Å². The lowest BCUT2D eigenvalue weighted by atomic mass is 10.1. The molecular formula is C27H49O4P. The number of hydrogen-bond acceptors (Lipinski definition) is 4. The van der Waals surface area contributed by atoms with E-state index in [9.17, 15) is 4.57 Å². The molecule has 5 heteroatoms. The van der Waals surface area contributed by atoms with Crippen molar-refractivity contribution in [2.24, 2.45) is 0 Å². The van der Waals surface area contributed by atoms with Crippen LogP contribution in [0.3, 0.4) is 0 Å². The third kappa shape index (κ3) is 15.9. The highest BCUT2D eigenvalue weighted by Gasteiger charge is 2.28. The number of benzene rings is 1. The normalized spacial score (nSPS) is 11.7. The molecule has 0 bridgehead atoms. The van der Waals surface area contributed by atoms with Crippen molar-refractivity contribution in [3.63, 3.8) is 0 Å². The maximum absolute atomic E-state index is 13.2. The summed E-state index contributed by atoms with van der Waals surface area (Å²) in [5, 5.41) is 0. The molecule has 0 aliphatic heterocycles. The van der Waals surface area contributed by atoms with Crippen LogP contribution in [-0.4, -0.2) is 13.2 Å². The first kappa shape index (κ1) is 29.2. The van der Waals surface area contributed by atoms with Gasteiger partial charge in [-0.2, -0.15) is 0 Å². The molecule has 0 aliphatic rings. The van der Waals surface area contributed by atoms with E-state index < -0.39 is 7.82 Å². The number of unbranched alkanes of at least 4 members (excludes halogenated alkanes) is 14. The SMILES string of the molecule is CCCCCCCCCCOP(=O)(OCCCCCCCCCC)Oc1ccc(C)cc1. The Bertz CT molecular complexity index is 562. The highest BCUT2D eigenvalue weighted by molar-refractivity contribution is 7.48. The van der Waals surface area contributed by atoms with Gasteiger partial charge in [0.15, 0.2) is 0 Å².